The number of amides is 1. The lowest BCUT2D eigenvalue weighted by Crippen LogP contribution is -2.52. The zero-order chi connectivity index (χ0) is 30.0. The molecule has 0 aliphatic carbocycles. The molecule has 3 aromatic rings. The molecule has 4 aliphatic rings. The number of rotatable bonds is 4. The number of benzene rings is 1. The van der Waals surface area contributed by atoms with E-state index < -0.39 is 17.8 Å². The van der Waals surface area contributed by atoms with Crippen LogP contribution in [0.3, 0.4) is 0 Å². The number of nitrogens with zero attached hydrogens (tertiary/aromatic N) is 8. The first-order chi connectivity index (χ1) is 20.6. The maximum Gasteiger partial charge on any atom is 0.417 e. The van der Waals surface area contributed by atoms with Crippen molar-refractivity contribution >= 4 is 23.3 Å². The summed E-state index contributed by atoms with van der Waals surface area (Å²) in [5.74, 6) is 0.548. The standard InChI is InChI=1S/C29H35F3N8O3/c1-35-9-10-39(26-12-23(29(30,31)32)21(11-25(26)35)18-13-33-36(2)14-18)27-22-15-38(28(41)42)8-5-24(22)40(34-27)19-3-6-37(7-4-19)20-16-43-17-20/h11-14,19-20H,3-10,15-17H2,1-2H3,(H,41,42). The highest BCUT2D eigenvalue weighted by Gasteiger charge is 2.40. The average Bonchev–Trinajstić information content (AvgIpc) is 3.55. The number of likely N-dealkylation sites (N-methyl/N-ethyl adjacent to an activating group) is 1. The van der Waals surface area contributed by atoms with Gasteiger partial charge >= 0.3 is 12.3 Å². The van der Waals surface area contributed by atoms with Gasteiger partial charge in [0.05, 0.1) is 55.0 Å². The second-order valence-corrected chi connectivity index (χ2v) is 12.0. The van der Waals surface area contributed by atoms with Gasteiger partial charge in [0.25, 0.3) is 0 Å². The Morgan fingerprint density at radius 1 is 1.02 bits per heavy atom. The van der Waals surface area contributed by atoms with Crippen LogP contribution in [0.15, 0.2) is 24.5 Å². The molecule has 43 heavy (non-hydrogen) atoms. The number of alkyl halides is 3. The highest BCUT2D eigenvalue weighted by Crippen LogP contribution is 2.47. The second-order valence-electron chi connectivity index (χ2n) is 12.0. The van der Waals surface area contributed by atoms with Gasteiger partial charge < -0.3 is 24.5 Å². The summed E-state index contributed by atoms with van der Waals surface area (Å²) in [6.45, 7) is 4.88. The molecular formula is C29H35F3N8O3. The zero-order valence-corrected chi connectivity index (χ0v) is 24.2. The molecule has 4 aliphatic heterocycles. The SMILES string of the molecule is CN1CCN(c2nn(C3CCN(C4COC4)CC3)c3c2CN(C(=O)O)CC3)c2cc(C(F)(F)F)c(-c3cnn(C)c3)cc21. The van der Waals surface area contributed by atoms with Crippen molar-refractivity contribution in [1.82, 2.24) is 29.4 Å². The molecular weight excluding hydrogens is 565 g/mol. The lowest BCUT2D eigenvalue weighted by atomic mass is 9.97. The number of ether oxygens (including phenoxy) is 1. The first-order valence-corrected chi connectivity index (χ1v) is 14.7. The summed E-state index contributed by atoms with van der Waals surface area (Å²) in [7, 11) is 3.55. The summed E-state index contributed by atoms with van der Waals surface area (Å²) in [6, 6.07) is 3.42. The van der Waals surface area contributed by atoms with Crippen molar-refractivity contribution in [3.8, 4) is 11.1 Å². The van der Waals surface area contributed by atoms with Crippen molar-refractivity contribution in [3.63, 3.8) is 0 Å². The molecule has 1 N–H and O–H groups in total. The van der Waals surface area contributed by atoms with Crippen molar-refractivity contribution < 1.29 is 27.8 Å². The maximum absolute atomic E-state index is 14.6. The van der Waals surface area contributed by atoms with Crippen LogP contribution in [0, 0.1) is 0 Å². The fraction of sp³-hybridized carbons (Fsp3) is 0.552. The second kappa shape index (κ2) is 10.4. The van der Waals surface area contributed by atoms with E-state index in [0.717, 1.165) is 50.4 Å². The fourth-order valence-electron chi connectivity index (χ4n) is 6.88. The summed E-state index contributed by atoms with van der Waals surface area (Å²) in [5, 5.41) is 19.0. The van der Waals surface area contributed by atoms with E-state index in [2.05, 4.69) is 14.7 Å². The molecule has 7 rings (SSSR count). The quantitative estimate of drug-likeness (QED) is 0.481. The number of hydrogen-bond acceptors (Lipinski definition) is 7. The number of aromatic nitrogens is 4. The molecule has 0 atom stereocenters. The molecule has 14 heteroatoms. The van der Waals surface area contributed by atoms with Gasteiger partial charge in [-0.05, 0) is 30.5 Å². The number of aryl methyl sites for hydroxylation is 1. The number of carboxylic acid groups (broad SMARTS) is 1. The van der Waals surface area contributed by atoms with Crippen LogP contribution >= 0.6 is 0 Å². The summed E-state index contributed by atoms with van der Waals surface area (Å²) in [6.07, 6.45) is -0.268. The van der Waals surface area contributed by atoms with Crippen molar-refractivity contribution in [2.24, 2.45) is 7.05 Å². The minimum absolute atomic E-state index is 0.0706. The van der Waals surface area contributed by atoms with Gasteiger partial charge in [0.2, 0.25) is 0 Å². The van der Waals surface area contributed by atoms with Gasteiger partial charge in [-0.2, -0.15) is 23.4 Å². The Kier molecular flexibility index (Phi) is 6.80. The molecule has 6 heterocycles. The van der Waals surface area contributed by atoms with Crippen LogP contribution in [0.5, 0.6) is 0 Å². The summed E-state index contributed by atoms with van der Waals surface area (Å²) < 4.78 is 52.6. The summed E-state index contributed by atoms with van der Waals surface area (Å²) >= 11 is 0. The Labute approximate surface area is 247 Å². The van der Waals surface area contributed by atoms with Crippen LogP contribution in [-0.4, -0.2) is 99.6 Å². The van der Waals surface area contributed by atoms with Crippen LogP contribution < -0.4 is 9.80 Å². The molecule has 0 saturated carbocycles. The van der Waals surface area contributed by atoms with Crippen molar-refractivity contribution in [3.05, 3.63) is 41.3 Å². The van der Waals surface area contributed by atoms with E-state index in [1.54, 1.807) is 19.3 Å². The Morgan fingerprint density at radius 2 is 1.79 bits per heavy atom. The molecule has 0 unspecified atom stereocenters. The first kappa shape index (κ1) is 28.0. The number of halogens is 3. The maximum atomic E-state index is 14.6. The molecule has 230 valence electrons. The van der Waals surface area contributed by atoms with Crippen molar-refractivity contribution in [2.45, 2.75) is 44.1 Å². The highest BCUT2D eigenvalue weighted by molar-refractivity contribution is 5.86. The third-order valence-corrected chi connectivity index (χ3v) is 9.37. The smallest absolute Gasteiger partial charge is 0.417 e. The highest BCUT2D eigenvalue weighted by atomic mass is 19.4. The summed E-state index contributed by atoms with van der Waals surface area (Å²) in [5.41, 5.74) is 2.55. The molecule has 0 bridgehead atoms. The monoisotopic (exact) mass is 600 g/mol. The summed E-state index contributed by atoms with van der Waals surface area (Å²) in [4.78, 5) is 19.6. The third-order valence-electron chi connectivity index (χ3n) is 9.37. The van der Waals surface area contributed by atoms with Gasteiger partial charge in [-0.25, -0.2) is 4.79 Å². The topological polar surface area (TPSA) is 95.1 Å². The third kappa shape index (κ3) is 4.89. The van der Waals surface area contributed by atoms with E-state index >= 15 is 0 Å². The van der Waals surface area contributed by atoms with Crippen LogP contribution in [0.4, 0.5) is 35.2 Å². The van der Waals surface area contributed by atoms with Gasteiger partial charge in [0, 0.05) is 76.3 Å². The predicted octanol–water partition coefficient (Wildman–Crippen LogP) is 3.96. The Balaban J connectivity index is 1.31. The normalized spacial score (nSPS) is 20.3. The molecule has 2 saturated heterocycles. The number of carbonyl (C=O) groups is 1. The largest absolute Gasteiger partial charge is 0.465 e. The van der Waals surface area contributed by atoms with E-state index in [9.17, 15) is 23.1 Å². The number of anilines is 3. The molecule has 0 radical (unpaired) electrons. The Morgan fingerprint density at radius 3 is 2.42 bits per heavy atom. The van der Waals surface area contributed by atoms with E-state index in [0.29, 0.717) is 54.9 Å². The molecule has 2 aromatic heterocycles. The van der Waals surface area contributed by atoms with Gasteiger partial charge in [-0.3, -0.25) is 14.3 Å². The number of piperidine rings is 1. The zero-order valence-electron chi connectivity index (χ0n) is 24.2. The molecule has 1 amide bonds. The first-order valence-electron chi connectivity index (χ1n) is 14.7. The van der Waals surface area contributed by atoms with Crippen LogP contribution in [0.25, 0.3) is 11.1 Å². The number of fused-ring (bicyclic) bond motifs is 2. The molecule has 0 spiro atoms. The van der Waals surface area contributed by atoms with E-state index in [4.69, 9.17) is 9.84 Å². The van der Waals surface area contributed by atoms with E-state index in [-0.39, 0.29) is 18.2 Å². The van der Waals surface area contributed by atoms with E-state index in [1.165, 1.54) is 21.8 Å². The van der Waals surface area contributed by atoms with E-state index in [1.807, 2.05) is 16.8 Å². The van der Waals surface area contributed by atoms with Crippen LogP contribution in [0.2, 0.25) is 0 Å². The number of hydrogen-bond donors (Lipinski definition) is 1. The van der Waals surface area contributed by atoms with Gasteiger partial charge in [0.1, 0.15) is 0 Å². The molecule has 1 aromatic carbocycles. The lowest BCUT2D eigenvalue weighted by Gasteiger charge is -2.41. The van der Waals surface area contributed by atoms with Crippen molar-refractivity contribution in [1.29, 1.82) is 0 Å². The Hall–Kier alpha value is -3.78. The van der Waals surface area contributed by atoms with Crippen LogP contribution in [0.1, 0.15) is 35.7 Å². The van der Waals surface area contributed by atoms with Crippen LogP contribution in [-0.2, 0) is 30.9 Å². The minimum atomic E-state index is -4.60. The van der Waals surface area contributed by atoms with Crippen molar-refractivity contribution in [2.75, 3.05) is 62.8 Å². The average molecular weight is 601 g/mol. The Bertz CT molecular complexity index is 1540. The van der Waals surface area contributed by atoms with Gasteiger partial charge in [-0.15, -0.1) is 0 Å². The fourth-order valence-corrected chi connectivity index (χ4v) is 6.88. The predicted molar refractivity (Wildman–Crippen MR) is 153 cm³/mol. The van der Waals surface area contributed by atoms with Gasteiger partial charge in [0.15, 0.2) is 5.82 Å². The van der Waals surface area contributed by atoms with Gasteiger partial charge in [-0.1, -0.05) is 0 Å². The number of likely N-dealkylation sites (tertiary alicyclic amines) is 1. The molecule has 11 nitrogen and oxygen atoms in total. The lowest BCUT2D eigenvalue weighted by molar-refractivity contribution is -0.137. The minimum Gasteiger partial charge on any atom is -0.465 e. The molecule has 2 fully saturated rings.